The van der Waals surface area contributed by atoms with Crippen molar-refractivity contribution in [1.82, 2.24) is 14.5 Å². The van der Waals surface area contributed by atoms with Crippen molar-refractivity contribution in [2.24, 2.45) is 7.05 Å². The number of carbonyl (C=O) groups excluding carboxylic acids is 1. The molecule has 124 valence electrons. The molecule has 0 saturated heterocycles. The third-order valence-electron chi connectivity index (χ3n) is 2.60. The Bertz CT molecular complexity index is 696. The highest BCUT2D eigenvalue weighted by atomic mass is 19.4. The van der Waals surface area contributed by atoms with E-state index in [-0.39, 0.29) is 11.5 Å². The van der Waals surface area contributed by atoms with Crippen LogP contribution in [0.3, 0.4) is 0 Å². The molecular formula is C12H9F5N4O2. The molecule has 2 heterocycles. The number of aryl methyl sites for hydroxylation is 1. The van der Waals surface area contributed by atoms with Crippen LogP contribution < -0.4 is 10.1 Å². The second-order valence-electron chi connectivity index (χ2n) is 4.34. The first-order valence-electron chi connectivity index (χ1n) is 5.97. The number of hydrogen-bond acceptors (Lipinski definition) is 4. The van der Waals surface area contributed by atoms with Crippen molar-refractivity contribution >= 4 is 11.7 Å². The largest absolute Gasteiger partial charge is 0.499 e. The molecule has 0 radical (unpaired) electrons. The van der Waals surface area contributed by atoms with Crippen LogP contribution in [-0.2, 0) is 7.05 Å². The molecule has 0 bridgehead atoms. The molecule has 2 aromatic rings. The molecule has 11 heteroatoms. The van der Waals surface area contributed by atoms with Crippen molar-refractivity contribution < 1.29 is 31.5 Å². The Morgan fingerprint density at radius 3 is 2.39 bits per heavy atom. The third kappa shape index (κ3) is 3.73. The number of nitrogens with one attached hydrogen (secondary N) is 1. The zero-order valence-electron chi connectivity index (χ0n) is 11.4. The molecule has 0 aliphatic carbocycles. The van der Waals surface area contributed by atoms with E-state index in [4.69, 9.17) is 0 Å². The molecule has 0 aromatic carbocycles. The Balaban J connectivity index is 2.06. The fourth-order valence-corrected chi connectivity index (χ4v) is 1.48. The minimum atomic E-state index is -5.85. The monoisotopic (exact) mass is 336 g/mol. The van der Waals surface area contributed by atoms with Crippen molar-refractivity contribution in [3.8, 4) is 5.75 Å². The lowest BCUT2D eigenvalue weighted by atomic mass is 10.4. The van der Waals surface area contributed by atoms with E-state index in [1.165, 1.54) is 17.1 Å². The normalized spacial score (nSPS) is 12.1. The highest BCUT2D eigenvalue weighted by Crippen LogP contribution is 2.37. The minimum absolute atomic E-state index is 0.0566. The summed E-state index contributed by atoms with van der Waals surface area (Å²) >= 11 is 0. The lowest BCUT2D eigenvalue weighted by Gasteiger charge is -2.19. The number of amides is 1. The number of halogens is 5. The van der Waals surface area contributed by atoms with Crippen LogP contribution in [0.15, 0.2) is 30.9 Å². The van der Waals surface area contributed by atoms with Crippen molar-refractivity contribution in [2.75, 3.05) is 5.32 Å². The summed E-state index contributed by atoms with van der Waals surface area (Å²) in [5, 5.41) is 2.33. The highest BCUT2D eigenvalue weighted by molar-refractivity contribution is 6.02. The number of alkyl halides is 5. The number of hydrogen-bond donors (Lipinski definition) is 1. The molecule has 0 aliphatic rings. The molecule has 0 fully saturated rings. The van der Waals surface area contributed by atoms with Gasteiger partial charge in [-0.3, -0.25) is 4.79 Å². The fourth-order valence-electron chi connectivity index (χ4n) is 1.48. The van der Waals surface area contributed by atoms with E-state index in [0.717, 1.165) is 12.1 Å². The highest BCUT2D eigenvalue weighted by Gasteiger charge is 2.61. The maximum atomic E-state index is 12.7. The van der Waals surface area contributed by atoms with Gasteiger partial charge in [-0.1, -0.05) is 0 Å². The Labute approximate surface area is 125 Å². The first kappa shape index (κ1) is 16.6. The average Bonchev–Trinajstić information content (AvgIpc) is 2.85. The number of ether oxygens (including phenoxy) is 1. The number of rotatable bonds is 4. The lowest BCUT2D eigenvalue weighted by molar-refractivity contribution is -0.360. The van der Waals surface area contributed by atoms with E-state index >= 15 is 0 Å². The molecule has 0 saturated carbocycles. The van der Waals surface area contributed by atoms with Gasteiger partial charge in [0.1, 0.15) is 17.3 Å². The smallest absolute Gasteiger partial charge is 0.424 e. The second kappa shape index (κ2) is 5.82. The minimum Gasteiger partial charge on any atom is -0.424 e. The summed E-state index contributed by atoms with van der Waals surface area (Å²) in [7, 11) is 1.57. The molecule has 0 aliphatic heterocycles. The Morgan fingerprint density at radius 2 is 1.91 bits per heavy atom. The van der Waals surface area contributed by atoms with Gasteiger partial charge in [0.25, 0.3) is 5.91 Å². The van der Waals surface area contributed by atoms with Gasteiger partial charge in [-0.05, 0) is 12.1 Å². The number of carbonyl (C=O) groups is 1. The molecule has 2 rings (SSSR count). The number of anilines is 1. The number of nitrogens with zero attached hydrogens (tertiary/aromatic N) is 3. The molecule has 23 heavy (non-hydrogen) atoms. The maximum Gasteiger partial charge on any atom is 0.499 e. The summed E-state index contributed by atoms with van der Waals surface area (Å²) in [6, 6.07) is 1.85. The van der Waals surface area contributed by atoms with Gasteiger partial charge in [0.2, 0.25) is 0 Å². The van der Waals surface area contributed by atoms with Gasteiger partial charge < -0.3 is 14.6 Å². The van der Waals surface area contributed by atoms with Crippen LogP contribution in [0, 0.1) is 0 Å². The topological polar surface area (TPSA) is 69.0 Å². The SMILES string of the molecule is Cn1cncc1C(=O)Nc1ccc(OC(F)(F)C(F)(F)F)cn1. The van der Waals surface area contributed by atoms with Crippen LogP contribution in [0.5, 0.6) is 5.75 Å². The van der Waals surface area contributed by atoms with Gasteiger partial charge in [-0.2, -0.15) is 22.0 Å². The quantitative estimate of drug-likeness (QED) is 0.872. The third-order valence-corrected chi connectivity index (χ3v) is 2.60. The number of pyridine rings is 1. The Morgan fingerprint density at radius 1 is 1.22 bits per heavy atom. The predicted molar refractivity (Wildman–Crippen MR) is 67.0 cm³/mol. The second-order valence-corrected chi connectivity index (χ2v) is 4.34. The molecule has 6 nitrogen and oxygen atoms in total. The standard InChI is InChI=1S/C12H9F5N4O2/c1-21-6-18-5-8(21)10(22)20-9-3-2-7(4-19-9)23-12(16,17)11(13,14)15/h2-6H,1H3,(H,19,20,22). The summed E-state index contributed by atoms with van der Waals surface area (Å²) in [6.45, 7) is 0. The van der Waals surface area contributed by atoms with E-state index in [9.17, 15) is 26.7 Å². The van der Waals surface area contributed by atoms with Crippen molar-refractivity contribution in [3.63, 3.8) is 0 Å². The first-order valence-corrected chi connectivity index (χ1v) is 5.97. The number of imidazole rings is 1. The Hall–Kier alpha value is -2.72. The van der Waals surface area contributed by atoms with Crippen LogP contribution in [0.1, 0.15) is 10.5 Å². The van der Waals surface area contributed by atoms with Crippen LogP contribution in [0.25, 0.3) is 0 Å². The van der Waals surface area contributed by atoms with Crippen LogP contribution in [-0.4, -0.2) is 32.7 Å². The summed E-state index contributed by atoms with van der Waals surface area (Å²) in [5.41, 5.74) is 0.204. The van der Waals surface area contributed by atoms with Gasteiger partial charge in [0.05, 0.1) is 18.7 Å². The molecule has 0 atom stereocenters. The summed E-state index contributed by atoms with van der Waals surface area (Å²) in [5.74, 6) is -1.43. The van der Waals surface area contributed by atoms with Gasteiger partial charge in [-0.25, -0.2) is 9.97 Å². The first-order chi connectivity index (χ1) is 10.6. The van der Waals surface area contributed by atoms with Crippen LogP contribution >= 0.6 is 0 Å². The molecule has 0 spiro atoms. The maximum absolute atomic E-state index is 12.7. The Kier molecular flexibility index (Phi) is 4.21. The van der Waals surface area contributed by atoms with Crippen molar-refractivity contribution in [2.45, 2.75) is 12.3 Å². The fraction of sp³-hybridized carbons (Fsp3) is 0.250. The lowest BCUT2D eigenvalue weighted by Crippen LogP contribution is -2.41. The van der Waals surface area contributed by atoms with Crippen LogP contribution in [0.2, 0.25) is 0 Å². The average molecular weight is 336 g/mol. The van der Waals surface area contributed by atoms with Crippen LogP contribution in [0.4, 0.5) is 27.8 Å². The summed E-state index contributed by atoms with van der Waals surface area (Å²) in [4.78, 5) is 19.1. The van der Waals surface area contributed by atoms with Gasteiger partial charge in [0, 0.05) is 7.05 Å². The van der Waals surface area contributed by atoms with Crippen molar-refractivity contribution in [1.29, 1.82) is 0 Å². The number of aromatic nitrogens is 3. The molecule has 2 aromatic heterocycles. The molecule has 0 unspecified atom stereocenters. The summed E-state index contributed by atoms with van der Waals surface area (Å²) < 4.78 is 66.4. The van der Waals surface area contributed by atoms with E-state index in [1.807, 2.05) is 0 Å². The van der Waals surface area contributed by atoms with E-state index in [1.54, 1.807) is 7.05 Å². The predicted octanol–water partition coefficient (Wildman–Crippen LogP) is 2.60. The van der Waals surface area contributed by atoms with E-state index < -0.39 is 23.9 Å². The van der Waals surface area contributed by atoms with Gasteiger partial charge >= 0.3 is 12.3 Å². The molecule has 1 N–H and O–H groups in total. The molecule has 1 amide bonds. The van der Waals surface area contributed by atoms with Gasteiger partial charge in [-0.15, -0.1) is 0 Å². The van der Waals surface area contributed by atoms with E-state index in [0.29, 0.717) is 6.20 Å². The van der Waals surface area contributed by atoms with Gasteiger partial charge in [0.15, 0.2) is 0 Å². The zero-order valence-corrected chi connectivity index (χ0v) is 11.4. The summed E-state index contributed by atoms with van der Waals surface area (Å²) in [6.07, 6.45) is -7.87. The molecular weight excluding hydrogens is 327 g/mol. The van der Waals surface area contributed by atoms with E-state index in [2.05, 4.69) is 20.0 Å². The zero-order chi connectivity index (χ0) is 17.3. The van der Waals surface area contributed by atoms with Crippen molar-refractivity contribution in [3.05, 3.63) is 36.5 Å².